The number of nitrogens with zero attached hydrogens (tertiary/aromatic N) is 1. The highest BCUT2D eigenvalue weighted by atomic mass is 16.5. The van der Waals surface area contributed by atoms with Gasteiger partial charge in [-0.1, -0.05) is 42.5 Å². The number of ether oxygens (including phenoxy) is 1. The van der Waals surface area contributed by atoms with Crippen LogP contribution in [0.3, 0.4) is 0 Å². The highest BCUT2D eigenvalue weighted by Crippen LogP contribution is 2.28. The summed E-state index contributed by atoms with van der Waals surface area (Å²) in [5, 5.41) is 13.7. The molecule has 0 spiro atoms. The van der Waals surface area contributed by atoms with Crippen molar-refractivity contribution in [3.8, 4) is 0 Å². The Hall–Kier alpha value is -4.17. The molecule has 0 radical (unpaired) electrons. The maximum atomic E-state index is 13.5. The van der Waals surface area contributed by atoms with Crippen molar-refractivity contribution in [1.82, 2.24) is 9.88 Å². The van der Waals surface area contributed by atoms with Crippen LogP contribution >= 0.6 is 0 Å². The largest absolute Gasteiger partial charge is 0.465 e. The summed E-state index contributed by atoms with van der Waals surface area (Å²) in [4.78, 5) is 25.9. The fourth-order valence-electron chi connectivity index (χ4n) is 5.26. The summed E-state index contributed by atoms with van der Waals surface area (Å²) in [5.74, 6) is -0.573. The number of esters is 1. The molecule has 1 amide bonds. The Labute approximate surface area is 215 Å². The number of amidine groups is 1. The van der Waals surface area contributed by atoms with E-state index in [-0.39, 0.29) is 23.8 Å². The molecule has 1 aromatic heterocycles. The summed E-state index contributed by atoms with van der Waals surface area (Å²) in [6.07, 6.45) is 3.52. The lowest BCUT2D eigenvalue weighted by Crippen LogP contribution is -2.41. The number of methoxy groups -OCH3 is 1. The number of hydrogen-bond acceptors (Lipinski definition) is 5. The van der Waals surface area contributed by atoms with Crippen molar-refractivity contribution in [2.24, 2.45) is 11.5 Å². The van der Waals surface area contributed by atoms with E-state index in [1.807, 2.05) is 53.1 Å². The predicted molar refractivity (Wildman–Crippen MR) is 145 cm³/mol. The Morgan fingerprint density at radius 2 is 1.76 bits per heavy atom. The highest BCUT2D eigenvalue weighted by molar-refractivity contribution is 6.06. The van der Waals surface area contributed by atoms with Crippen LogP contribution in [-0.4, -0.2) is 41.5 Å². The maximum Gasteiger partial charge on any atom is 0.338 e. The molecule has 1 aliphatic carbocycles. The average Bonchev–Trinajstić information content (AvgIpc) is 3.27. The Kier molecular flexibility index (Phi) is 6.67. The number of nitrogens with two attached hydrogens (primary N) is 2. The number of benzene rings is 3. The number of fused-ring (bicyclic) bond motifs is 2. The molecule has 0 aliphatic heterocycles. The van der Waals surface area contributed by atoms with E-state index < -0.39 is 5.97 Å². The van der Waals surface area contributed by atoms with Gasteiger partial charge in [0.2, 0.25) is 0 Å². The van der Waals surface area contributed by atoms with Gasteiger partial charge in [-0.2, -0.15) is 0 Å². The van der Waals surface area contributed by atoms with E-state index in [1.165, 1.54) is 7.11 Å². The number of amides is 1. The van der Waals surface area contributed by atoms with E-state index in [1.54, 1.807) is 12.1 Å². The molecular weight excluding hydrogens is 466 g/mol. The molecule has 1 saturated carbocycles. The van der Waals surface area contributed by atoms with Crippen molar-refractivity contribution in [3.05, 3.63) is 83.0 Å². The van der Waals surface area contributed by atoms with Crippen LogP contribution in [0.2, 0.25) is 0 Å². The second-order valence-electron chi connectivity index (χ2n) is 9.70. The monoisotopic (exact) mass is 497 g/mol. The van der Waals surface area contributed by atoms with Crippen LogP contribution in [0, 0.1) is 5.41 Å². The van der Waals surface area contributed by atoms with E-state index in [2.05, 4.69) is 5.32 Å². The van der Waals surface area contributed by atoms with E-state index in [4.69, 9.17) is 21.6 Å². The van der Waals surface area contributed by atoms with Crippen LogP contribution in [0.25, 0.3) is 21.7 Å². The van der Waals surface area contributed by atoms with E-state index in [0.717, 1.165) is 52.9 Å². The number of hydrogen-bond donors (Lipinski definition) is 4. The van der Waals surface area contributed by atoms with Gasteiger partial charge < -0.3 is 26.1 Å². The first-order chi connectivity index (χ1) is 17.9. The number of carbonyl (C=O) groups excluding carboxylic acids is 2. The second-order valence-corrected chi connectivity index (χ2v) is 9.70. The van der Waals surface area contributed by atoms with Crippen molar-refractivity contribution in [1.29, 1.82) is 5.41 Å². The first-order valence-corrected chi connectivity index (χ1v) is 12.5. The SMILES string of the molecule is COC(=O)c1ccc(Cn2c(C(=O)NC3CCC(N)CC3)cc3ccc(C(=N)N)cc32)c2ccccc12. The van der Waals surface area contributed by atoms with Crippen molar-refractivity contribution in [2.75, 3.05) is 7.11 Å². The van der Waals surface area contributed by atoms with Gasteiger partial charge in [-0.3, -0.25) is 10.2 Å². The molecule has 1 fully saturated rings. The molecule has 3 aromatic carbocycles. The van der Waals surface area contributed by atoms with Crippen LogP contribution in [0.15, 0.2) is 60.7 Å². The summed E-state index contributed by atoms with van der Waals surface area (Å²) in [7, 11) is 1.37. The lowest BCUT2D eigenvalue weighted by molar-refractivity contribution is 0.0603. The first kappa shape index (κ1) is 24.5. The van der Waals surface area contributed by atoms with Gasteiger partial charge in [0.05, 0.1) is 12.7 Å². The summed E-state index contributed by atoms with van der Waals surface area (Å²) in [6, 6.07) is 19.0. The Balaban J connectivity index is 1.59. The zero-order valence-electron chi connectivity index (χ0n) is 20.8. The summed E-state index contributed by atoms with van der Waals surface area (Å²) >= 11 is 0. The minimum Gasteiger partial charge on any atom is -0.465 e. The number of rotatable bonds is 6. The van der Waals surface area contributed by atoms with Gasteiger partial charge in [0, 0.05) is 35.1 Å². The maximum absolute atomic E-state index is 13.5. The van der Waals surface area contributed by atoms with E-state index in [9.17, 15) is 9.59 Å². The third-order valence-corrected chi connectivity index (χ3v) is 7.30. The van der Waals surface area contributed by atoms with Gasteiger partial charge >= 0.3 is 5.97 Å². The van der Waals surface area contributed by atoms with E-state index in [0.29, 0.717) is 23.4 Å². The molecular formula is C29H31N5O3. The molecule has 4 aromatic rings. The van der Waals surface area contributed by atoms with Crippen molar-refractivity contribution in [2.45, 2.75) is 44.3 Å². The molecule has 0 saturated heterocycles. The number of nitrogen functional groups attached to an aromatic ring is 1. The normalized spacial score (nSPS) is 17.6. The Morgan fingerprint density at radius 3 is 2.46 bits per heavy atom. The number of aromatic nitrogens is 1. The quantitative estimate of drug-likeness (QED) is 0.182. The molecule has 1 heterocycles. The van der Waals surface area contributed by atoms with Gasteiger partial charge in [0.15, 0.2) is 0 Å². The van der Waals surface area contributed by atoms with Crippen LogP contribution in [0.4, 0.5) is 0 Å². The standard InChI is InChI=1S/C29H31N5O3/c1-37-29(36)24-13-8-19(22-4-2-3-5-23(22)24)16-34-25-15-18(27(31)32)7-6-17(25)14-26(34)28(35)33-21-11-9-20(30)10-12-21/h2-8,13-15,20-21H,9-12,16,30H2,1H3,(H3,31,32)(H,33,35). The minimum absolute atomic E-state index is 0.0351. The molecule has 0 atom stereocenters. The molecule has 190 valence electrons. The fourth-order valence-corrected chi connectivity index (χ4v) is 5.26. The summed E-state index contributed by atoms with van der Waals surface area (Å²) in [5.41, 5.74) is 15.2. The lowest BCUT2D eigenvalue weighted by atomic mass is 9.92. The predicted octanol–water partition coefficient (Wildman–Crippen LogP) is 3.91. The van der Waals surface area contributed by atoms with Gasteiger partial charge in [-0.25, -0.2) is 4.79 Å². The lowest BCUT2D eigenvalue weighted by Gasteiger charge is -2.27. The van der Waals surface area contributed by atoms with Crippen LogP contribution in [0.5, 0.6) is 0 Å². The third kappa shape index (κ3) is 4.80. The molecule has 6 N–H and O–H groups in total. The van der Waals surface area contributed by atoms with E-state index >= 15 is 0 Å². The highest BCUT2D eigenvalue weighted by Gasteiger charge is 2.24. The molecule has 5 rings (SSSR count). The van der Waals surface area contributed by atoms with Crippen LogP contribution in [-0.2, 0) is 11.3 Å². The van der Waals surface area contributed by atoms with Gasteiger partial charge in [0.25, 0.3) is 5.91 Å². The molecule has 0 unspecified atom stereocenters. The second kappa shape index (κ2) is 10.1. The number of nitrogens with one attached hydrogen (secondary N) is 2. The van der Waals surface area contributed by atoms with Gasteiger partial charge in [0.1, 0.15) is 11.5 Å². The topological polar surface area (TPSA) is 136 Å². The van der Waals surface area contributed by atoms with Gasteiger partial charge in [-0.05, 0) is 60.2 Å². The first-order valence-electron chi connectivity index (χ1n) is 12.5. The van der Waals surface area contributed by atoms with Crippen molar-refractivity contribution in [3.63, 3.8) is 0 Å². The smallest absolute Gasteiger partial charge is 0.338 e. The van der Waals surface area contributed by atoms with Crippen molar-refractivity contribution >= 4 is 39.4 Å². The summed E-state index contributed by atoms with van der Waals surface area (Å²) in [6.45, 7) is 0.394. The molecule has 8 nitrogen and oxygen atoms in total. The zero-order valence-corrected chi connectivity index (χ0v) is 20.8. The Bertz CT molecular complexity index is 1520. The molecule has 0 bridgehead atoms. The summed E-state index contributed by atoms with van der Waals surface area (Å²) < 4.78 is 6.94. The zero-order chi connectivity index (χ0) is 26.1. The number of carbonyl (C=O) groups is 2. The molecule has 8 heteroatoms. The van der Waals surface area contributed by atoms with Crippen LogP contribution in [0.1, 0.15) is 57.7 Å². The third-order valence-electron chi connectivity index (χ3n) is 7.30. The minimum atomic E-state index is -0.396. The van der Waals surface area contributed by atoms with Crippen LogP contribution < -0.4 is 16.8 Å². The molecule has 1 aliphatic rings. The van der Waals surface area contributed by atoms with Gasteiger partial charge in [-0.15, -0.1) is 0 Å². The fraction of sp³-hybridized carbons (Fsp3) is 0.276. The molecule has 37 heavy (non-hydrogen) atoms. The average molecular weight is 498 g/mol. The van der Waals surface area contributed by atoms with Crippen molar-refractivity contribution < 1.29 is 14.3 Å². The Morgan fingerprint density at radius 1 is 1.03 bits per heavy atom.